The molecule has 0 spiro atoms. The fourth-order valence-corrected chi connectivity index (χ4v) is 2.61. The number of halogens is 1. The topological polar surface area (TPSA) is 30.0 Å². The molecule has 0 N–H and O–H groups in total. The van der Waals surface area contributed by atoms with Crippen LogP contribution in [0.1, 0.15) is 22.8 Å². The van der Waals surface area contributed by atoms with E-state index in [2.05, 4.69) is 4.98 Å². The van der Waals surface area contributed by atoms with Gasteiger partial charge in [0.25, 0.3) is 0 Å². The maximum absolute atomic E-state index is 13.5. The van der Waals surface area contributed by atoms with Crippen LogP contribution in [0.5, 0.6) is 0 Å². The summed E-state index contributed by atoms with van der Waals surface area (Å²) >= 11 is 1.44. The molecule has 0 aliphatic rings. The third kappa shape index (κ3) is 2.76. The minimum Gasteiger partial charge on any atom is -0.294 e. The van der Waals surface area contributed by atoms with E-state index in [1.807, 2.05) is 12.1 Å². The molecule has 0 bridgehead atoms. The zero-order valence-electron chi connectivity index (χ0n) is 10.1. The van der Waals surface area contributed by atoms with Crippen molar-refractivity contribution in [2.24, 2.45) is 0 Å². The highest BCUT2D eigenvalue weighted by Crippen LogP contribution is 2.32. The van der Waals surface area contributed by atoms with Crippen molar-refractivity contribution in [1.82, 2.24) is 4.98 Å². The van der Waals surface area contributed by atoms with Crippen LogP contribution in [0.25, 0.3) is 0 Å². The predicted octanol–water partition coefficient (Wildman–Crippen LogP) is 3.88. The molecule has 0 atom stereocenters. The number of carbonyl (C=O) groups is 1. The summed E-state index contributed by atoms with van der Waals surface area (Å²) in [6, 6.07) is 6.72. The fraction of sp³-hybridized carbons (Fsp3) is 0.143. The number of benzene rings is 1. The van der Waals surface area contributed by atoms with Crippen molar-refractivity contribution in [1.29, 1.82) is 0 Å². The number of hydrogen-bond acceptors (Lipinski definition) is 3. The molecule has 0 saturated carbocycles. The van der Waals surface area contributed by atoms with Gasteiger partial charge in [0.15, 0.2) is 5.78 Å². The third-order valence-electron chi connectivity index (χ3n) is 2.52. The molecular weight excluding hydrogens is 249 g/mol. The second-order valence-electron chi connectivity index (χ2n) is 3.94. The first-order valence-corrected chi connectivity index (χ1v) is 6.28. The molecule has 92 valence electrons. The zero-order chi connectivity index (χ0) is 13.1. The van der Waals surface area contributed by atoms with Crippen LogP contribution < -0.4 is 0 Å². The zero-order valence-corrected chi connectivity index (χ0v) is 10.9. The van der Waals surface area contributed by atoms with Gasteiger partial charge in [0.2, 0.25) is 0 Å². The molecule has 1 aromatic heterocycles. The van der Waals surface area contributed by atoms with E-state index in [9.17, 15) is 9.18 Å². The predicted molar refractivity (Wildman–Crippen MR) is 69.5 cm³/mol. The van der Waals surface area contributed by atoms with Gasteiger partial charge in [-0.1, -0.05) is 11.8 Å². The number of carbonyl (C=O) groups excluding carboxylic acids is 1. The van der Waals surface area contributed by atoms with Crippen LogP contribution in [-0.2, 0) is 0 Å². The van der Waals surface area contributed by atoms with Crippen LogP contribution in [0.4, 0.5) is 4.39 Å². The molecule has 4 heteroatoms. The molecular formula is C14H12FNOS. The van der Waals surface area contributed by atoms with E-state index in [1.54, 1.807) is 25.4 Å². The Labute approximate surface area is 109 Å². The second kappa shape index (κ2) is 5.31. The van der Waals surface area contributed by atoms with E-state index >= 15 is 0 Å². The van der Waals surface area contributed by atoms with Crippen LogP contribution in [0.15, 0.2) is 46.5 Å². The van der Waals surface area contributed by atoms with Gasteiger partial charge in [0.05, 0.1) is 0 Å². The lowest BCUT2D eigenvalue weighted by Crippen LogP contribution is -1.98. The Bertz CT molecular complexity index is 584. The third-order valence-corrected chi connectivity index (χ3v) is 3.58. The number of ketones is 1. The molecule has 1 heterocycles. The highest BCUT2D eigenvalue weighted by atomic mass is 32.2. The normalized spacial score (nSPS) is 10.4. The van der Waals surface area contributed by atoms with Crippen LogP contribution in [0.3, 0.4) is 0 Å². The molecule has 2 rings (SSSR count). The highest BCUT2D eigenvalue weighted by molar-refractivity contribution is 7.99. The Hall–Kier alpha value is -1.68. The lowest BCUT2D eigenvalue weighted by atomic mass is 10.1. The van der Waals surface area contributed by atoms with E-state index < -0.39 is 0 Å². The van der Waals surface area contributed by atoms with Gasteiger partial charge in [-0.05, 0) is 43.7 Å². The highest BCUT2D eigenvalue weighted by Gasteiger charge is 2.12. The fourth-order valence-electron chi connectivity index (χ4n) is 1.55. The number of aromatic nitrogens is 1. The first kappa shape index (κ1) is 12.8. The molecule has 2 nitrogen and oxygen atoms in total. The molecule has 0 unspecified atom stereocenters. The van der Waals surface area contributed by atoms with E-state index in [0.29, 0.717) is 11.1 Å². The van der Waals surface area contributed by atoms with E-state index in [-0.39, 0.29) is 11.6 Å². The SMILES string of the molecule is CC(=O)c1cc(F)c(C)cc1Sc1ccncc1. The first-order chi connectivity index (χ1) is 8.58. The molecule has 0 aliphatic carbocycles. The van der Waals surface area contributed by atoms with Gasteiger partial charge in [0.1, 0.15) is 5.82 Å². The Balaban J connectivity index is 2.43. The van der Waals surface area contributed by atoms with Crippen molar-refractivity contribution in [3.8, 4) is 0 Å². The summed E-state index contributed by atoms with van der Waals surface area (Å²) in [4.78, 5) is 17.2. The molecule has 0 fully saturated rings. The number of Topliss-reactive ketones (excluding diaryl/α,β-unsaturated/α-hetero) is 1. The van der Waals surface area contributed by atoms with Crippen LogP contribution in [-0.4, -0.2) is 10.8 Å². The van der Waals surface area contributed by atoms with Gasteiger partial charge in [0, 0.05) is 27.7 Å². The standard InChI is InChI=1S/C14H12FNOS/c1-9-7-14(12(10(2)17)8-13(9)15)18-11-3-5-16-6-4-11/h3-8H,1-2H3. The smallest absolute Gasteiger partial charge is 0.161 e. The van der Waals surface area contributed by atoms with Gasteiger partial charge < -0.3 is 0 Å². The summed E-state index contributed by atoms with van der Waals surface area (Å²) in [7, 11) is 0. The van der Waals surface area contributed by atoms with E-state index in [4.69, 9.17) is 0 Å². The minimum absolute atomic E-state index is 0.134. The lowest BCUT2D eigenvalue weighted by Gasteiger charge is -2.08. The summed E-state index contributed by atoms with van der Waals surface area (Å²) in [5.41, 5.74) is 0.955. The summed E-state index contributed by atoms with van der Waals surface area (Å²) < 4.78 is 13.5. The molecule has 0 radical (unpaired) electrons. The van der Waals surface area contributed by atoms with Crippen LogP contribution >= 0.6 is 11.8 Å². The first-order valence-electron chi connectivity index (χ1n) is 5.47. The molecule has 1 aromatic carbocycles. The largest absolute Gasteiger partial charge is 0.294 e. The van der Waals surface area contributed by atoms with Gasteiger partial charge in [-0.15, -0.1) is 0 Å². The van der Waals surface area contributed by atoms with E-state index in [0.717, 1.165) is 9.79 Å². The summed E-state index contributed by atoms with van der Waals surface area (Å²) in [5.74, 6) is -0.482. The van der Waals surface area contributed by atoms with Crippen molar-refractivity contribution in [3.63, 3.8) is 0 Å². The molecule has 18 heavy (non-hydrogen) atoms. The average Bonchev–Trinajstić information content (AvgIpc) is 2.34. The number of aryl methyl sites for hydroxylation is 1. The van der Waals surface area contributed by atoms with Gasteiger partial charge >= 0.3 is 0 Å². The van der Waals surface area contributed by atoms with E-state index in [1.165, 1.54) is 24.8 Å². The van der Waals surface area contributed by atoms with Crippen molar-refractivity contribution < 1.29 is 9.18 Å². The number of pyridine rings is 1. The Kier molecular flexibility index (Phi) is 3.77. The lowest BCUT2D eigenvalue weighted by molar-refractivity contribution is 0.101. The van der Waals surface area contributed by atoms with Crippen molar-refractivity contribution in [3.05, 3.63) is 53.6 Å². The van der Waals surface area contributed by atoms with Gasteiger partial charge in [-0.3, -0.25) is 9.78 Å². The van der Waals surface area contributed by atoms with Gasteiger partial charge in [-0.25, -0.2) is 4.39 Å². The molecule has 0 saturated heterocycles. The van der Waals surface area contributed by atoms with Crippen LogP contribution in [0, 0.1) is 12.7 Å². The molecule has 2 aromatic rings. The Morgan fingerprint density at radius 3 is 2.56 bits per heavy atom. The monoisotopic (exact) mass is 261 g/mol. The molecule has 0 amide bonds. The Morgan fingerprint density at radius 2 is 1.94 bits per heavy atom. The molecule has 0 aliphatic heterocycles. The van der Waals surface area contributed by atoms with Crippen molar-refractivity contribution in [2.45, 2.75) is 23.6 Å². The maximum atomic E-state index is 13.5. The van der Waals surface area contributed by atoms with Crippen molar-refractivity contribution in [2.75, 3.05) is 0 Å². The average molecular weight is 261 g/mol. The Morgan fingerprint density at radius 1 is 1.28 bits per heavy atom. The summed E-state index contributed by atoms with van der Waals surface area (Å²) in [6.45, 7) is 3.14. The summed E-state index contributed by atoms with van der Waals surface area (Å²) in [6.07, 6.45) is 3.37. The quantitative estimate of drug-likeness (QED) is 0.785. The van der Waals surface area contributed by atoms with Crippen molar-refractivity contribution >= 4 is 17.5 Å². The van der Waals surface area contributed by atoms with Crippen LogP contribution in [0.2, 0.25) is 0 Å². The summed E-state index contributed by atoms with van der Waals surface area (Å²) in [5, 5.41) is 0. The second-order valence-corrected chi connectivity index (χ2v) is 5.05. The minimum atomic E-state index is -0.348. The van der Waals surface area contributed by atoms with Gasteiger partial charge in [-0.2, -0.15) is 0 Å². The number of hydrogen-bond donors (Lipinski definition) is 0. The number of rotatable bonds is 3. The number of nitrogens with zero attached hydrogens (tertiary/aromatic N) is 1. The maximum Gasteiger partial charge on any atom is 0.161 e.